The molecule has 1 aliphatic rings. The Morgan fingerprint density at radius 1 is 1.13 bits per heavy atom. The summed E-state index contributed by atoms with van der Waals surface area (Å²) < 4.78 is 12.4. The molecule has 2 heterocycles. The maximum absolute atomic E-state index is 13.3. The fourth-order valence-electron chi connectivity index (χ4n) is 3.71. The molecule has 3 N–H and O–H groups in total. The second kappa shape index (κ2) is 7.11. The van der Waals surface area contributed by atoms with Gasteiger partial charge in [-0.05, 0) is 36.8 Å². The van der Waals surface area contributed by atoms with Crippen LogP contribution in [0.15, 0.2) is 57.6 Å². The molecule has 0 saturated carbocycles. The highest BCUT2D eigenvalue weighted by atomic mass is 16.5. The maximum Gasteiger partial charge on any atom is 0.340 e. The largest absolute Gasteiger partial charge is 0.504 e. The number of hydrogen-bond donors (Lipinski definition) is 2. The predicted octanol–water partition coefficient (Wildman–Crippen LogP) is 1.17. The predicted molar refractivity (Wildman–Crippen MR) is 109 cm³/mol. The summed E-state index contributed by atoms with van der Waals surface area (Å²) in [5.41, 5.74) is 5.56. The van der Waals surface area contributed by atoms with Gasteiger partial charge in [0.1, 0.15) is 17.4 Å². The summed E-state index contributed by atoms with van der Waals surface area (Å²) in [6.45, 7) is 1.73. The van der Waals surface area contributed by atoms with E-state index in [1.807, 2.05) is 0 Å². The first-order valence-corrected chi connectivity index (χ1v) is 9.21. The molecule has 0 fully saturated rings. The molecule has 0 amide bonds. The van der Waals surface area contributed by atoms with Gasteiger partial charge in [0, 0.05) is 0 Å². The molecule has 9 nitrogen and oxygen atoms in total. The average molecular weight is 409 g/mol. The van der Waals surface area contributed by atoms with Gasteiger partial charge in [0.2, 0.25) is 0 Å². The molecule has 3 aromatic rings. The molecule has 0 aliphatic carbocycles. The minimum atomic E-state index is -1.04. The van der Waals surface area contributed by atoms with Crippen molar-refractivity contribution in [1.29, 1.82) is 0 Å². The zero-order valence-electron chi connectivity index (χ0n) is 16.3. The highest BCUT2D eigenvalue weighted by Crippen LogP contribution is 2.37. The van der Waals surface area contributed by atoms with Crippen molar-refractivity contribution in [2.45, 2.75) is 13.0 Å². The Morgan fingerprint density at radius 3 is 2.43 bits per heavy atom. The molecule has 9 heteroatoms. The van der Waals surface area contributed by atoms with E-state index in [2.05, 4.69) is 0 Å². The number of fused-ring (bicyclic) bond motifs is 2. The summed E-state index contributed by atoms with van der Waals surface area (Å²) in [6.07, 6.45) is 0. The number of rotatable bonds is 4. The summed E-state index contributed by atoms with van der Waals surface area (Å²) in [5.74, 6) is -0.898. The first-order chi connectivity index (χ1) is 14.4. The monoisotopic (exact) mass is 409 g/mol. The van der Waals surface area contributed by atoms with Crippen molar-refractivity contribution in [2.24, 2.45) is 5.73 Å². The van der Waals surface area contributed by atoms with Crippen molar-refractivity contribution in [3.05, 3.63) is 74.3 Å². The number of ether oxygens (including phenoxy) is 2. The van der Waals surface area contributed by atoms with Gasteiger partial charge in [-0.15, -0.1) is 0 Å². The molecule has 0 radical (unpaired) electrons. The van der Waals surface area contributed by atoms with Crippen molar-refractivity contribution in [3.63, 3.8) is 0 Å². The van der Waals surface area contributed by atoms with E-state index >= 15 is 0 Å². The smallest absolute Gasteiger partial charge is 0.340 e. The topological polar surface area (TPSA) is 126 Å². The molecule has 30 heavy (non-hydrogen) atoms. The lowest BCUT2D eigenvalue weighted by Crippen LogP contribution is -2.38. The lowest BCUT2D eigenvalue weighted by atomic mass is 9.99. The van der Waals surface area contributed by atoms with Crippen LogP contribution in [0.5, 0.6) is 11.5 Å². The van der Waals surface area contributed by atoms with E-state index in [0.717, 1.165) is 9.36 Å². The van der Waals surface area contributed by atoms with Gasteiger partial charge in [-0.25, -0.2) is 9.48 Å². The van der Waals surface area contributed by atoms with Crippen LogP contribution in [0.3, 0.4) is 0 Å². The zero-order valence-corrected chi connectivity index (χ0v) is 16.3. The minimum Gasteiger partial charge on any atom is -0.504 e. The van der Waals surface area contributed by atoms with Gasteiger partial charge in [0.15, 0.2) is 11.5 Å². The Hall–Kier alpha value is -4.01. The molecule has 154 valence electrons. The van der Waals surface area contributed by atoms with Crippen molar-refractivity contribution >= 4 is 22.6 Å². The van der Waals surface area contributed by atoms with Crippen LogP contribution in [0, 0.1) is 0 Å². The van der Waals surface area contributed by atoms with Crippen LogP contribution in [-0.4, -0.2) is 34.2 Å². The zero-order chi connectivity index (χ0) is 21.6. The van der Waals surface area contributed by atoms with E-state index in [1.54, 1.807) is 25.1 Å². The van der Waals surface area contributed by atoms with E-state index in [9.17, 15) is 19.5 Å². The summed E-state index contributed by atoms with van der Waals surface area (Å²) in [4.78, 5) is 39.2. The van der Waals surface area contributed by atoms with Crippen molar-refractivity contribution in [3.8, 4) is 11.5 Å². The second-order valence-corrected chi connectivity index (χ2v) is 6.67. The van der Waals surface area contributed by atoms with E-state index in [0.29, 0.717) is 5.56 Å². The molecule has 1 aromatic heterocycles. The van der Waals surface area contributed by atoms with Crippen LogP contribution in [0.1, 0.15) is 18.5 Å². The van der Waals surface area contributed by atoms with Crippen LogP contribution in [0.2, 0.25) is 0 Å². The van der Waals surface area contributed by atoms with E-state index in [-0.39, 0.29) is 40.3 Å². The molecule has 4 rings (SSSR count). The number of esters is 1. The summed E-state index contributed by atoms with van der Waals surface area (Å²) in [5, 5.41) is 10.3. The Kier molecular flexibility index (Phi) is 4.57. The number of carbonyl (C=O) groups is 1. The van der Waals surface area contributed by atoms with Gasteiger partial charge in [-0.2, -0.15) is 4.68 Å². The highest BCUT2D eigenvalue weighted by molar-refractivity contribution is 5.97. The number of nitrogens with zero attached hydrogens (tertiary/aromatic N) is 2. The summed E-state index contributed by atoms with van der Waals surface area (Å²) >= 11 is 0. The normalized spacial score (nSPS) is 15.3. The Balaban J connectivity index is 2.10. The maximum atomic E-state index is 13.3. The molecular formula is C21H19N3O6. The van der Waals surface area contributed by atoms with Gasteiger partial charge >= 0.3 is 5.97 Å². The molecule has 1 aliphatic heterocycles. The fourth-order valence-corrected chi connectivity index (χ4v) is 3.71. The van der Waals surface area contributed by atoms with E-state index < -0.39 is 23.1 Å². The standard InChI is InChI=1S/C21H19N3O6/c1-3-30-21(28)16-17(11-8-9-14(25)15(10-11)29-2)23-19(26)12-6-4-5-7-13(12)20(27)24(23)18(16)22/h4-10,17,25H,3,22H2,1-2H3. The van der Waals surface area contributed by atoms with Gasteiger partial charge in [-0.3, -0.25) is 9.59 Å². The number of hydrogen-bond acceptors (Lipinski definition) is 7. The lowest BCUT2D eigenvalue weighted by Gasteiger charge is -2.19. The quantitative estimate of drug-likeness (QED) is 0.620. The number of aromatic nitrogens is 2. The number of phenols is 1. The lowest BCUT2D eigenvalue weighted by molar-refractivity contribution is -0.138. The molecule has 0 saturated heterocycles. The first kappa shape index (κ1) is 19.3. The fraction of sp³-hybridized carbons (Fsp3) is 0.190. The summed E-state index contributed by atoms with van der Waals surface area (Å²) in [7, 11) is 1.38. The van der Waals surface area contributed by atoms with Crippen molar-refractivity contribution in [1.82, 2.24) is 9.36 Å². The van der Waals surface area contributed by atoms with Gasteiger partial charge < -0.3 is 20.3 Å². The van der Waals surface area contributed by atoms with Crippen LogP contribution in [0.25, 0.3) is 16.6 Å². The minimum absolute atomic E-state index is 0.0425. The van der Waals surface area contributed by atoms with E-state index in [1.165, 1.54) is 31.4 Å². The number of benzene rings is 2. The number of aromatic hydroxyl groups is 1. The van der Waals surface area contributed by atoms with Crippen LogP contribution >= 0.6 is 0 Å². The number of carbonyl (C=O) groups excluding carboxylic acids is 1. The second-order valence-electron chi connectivity index (χ2n) is 6.67. The number of phenolic OH excluding ortho intramolecular Hbond substituents is 1. The number of nitrogens with two attached hydrogens (primary N) is 1. The third-order valence-corrected chi connectivity index (χ3v) is 5.04. The average Bonchev–Trinajstić information content (AvgIpc) is 3.06. The SMILES string of the molecule is CCOC(=O)C1=C(N)n2c(=O)c3ccccc3c(=O)n2C1c1ccc(O)c(OC)c1. The van der Waals surface area contributed by atoms with Crippen LogP contribution < -0.4 is 21.6 Å². The number of methoxy groups -OCH3 is 1. The van der Waals surface area contributed by atoms with E-state index in [4.69, 9.17) is 15.2 Å². The molecular weight excluding hydrogens is 390 g/mol. The van der Waals surface area contributed by atoms with Gasteiger partial charge in [-0.1, -0.05) is 18.2 Å². The molecule has 2 aromatic carbocycles. The molecule has 1 atom stereocenters. The van der Waals surface area contributed by atoms with Crippen molar-refractivity contribution in [2.75, 3.05) is 13.7 Å². The van der Waals surface area contributed by atoms with Crippen LogP contribution in [0.4, 0.5) is 0 Å². The third kappa shape index (κ3) is 2.66. The molecule has 0 spiro atoms. The molecule has 1 unspecified atom stereocenters. The summed E-state index contributed by atoms with van der Waals surface area (Å²) in [6, 6.07) is 9.71. The van der Waals surface area contributed by atoms with Crippen molar-refractivity contribution < 1.29 is 19.4 Å². The first-order valence-electron chi connectivity index (χ1n) is 9.21. The van der Waals surface area contributed by atoms with Gasteiger partial charge in [0.05, 0.1) is 24.5 Å². The third-order valence-electron chi connectivity index (χ3n) is 5.04. The Morgan fingerprint density at radius 2 is 1.80 bits per heavy atom. The molecule has 0 bridgehead atoms. The van der Waals surface area contributed by atoms with Gasteiger partial charge in [0.25, 0.3) is 11.1 Å². The Labute approximate surface area is 170 Å². The highest BCUT2D eigenvalue weighted by Gasteiger charge is 2.39. The Bertz CT molecular complexity index is 1330. The van der Waals surface area contributed by atoms with Crippen LogP contribution in [-0.2, 0) is 9.53 Å².